The number of carboxylic acid groups (broad SMARTS) is 1. The summed E-state index contributed by atoms with van der Waals surface area (Å²) in [6.07, 6.45) is -0.169. The summed E-state index contributed by atoms with van der Waals surface area (Å²) < 4.78 is 13.2. The fourth-order valence-electron chi connectivity index (χ4n) is 1.29. The maximum atomic E-state index is 12.8. The van der Waals surface area contributed by atoms with Crippen molar-refractivity contribution in [1.82, 2.24) is 5.32 Å². The molecule has 0 heterocycles. The van der Waals surface area contributed by atoms with E-state index in [1.807, 2.05) is 0 Å². The highest BCUT2D eigenvalue weighted by Gasteiger charge is 2.12. The second-order valence-electron chi connectivity index (χ2n) is 3.72. The van der Waals surface area contributed by atoms with E-state index in [0.717, 1.165) is 0 Å². The standard InChI is InChI=1S/C11H12BrFN2O3/c1-6(4-10(16)17)14-11(18)15-9-3-2-7(13)5-8(9)12/h2-3,5-6H,4H2,1H3,(H,16,17)(H2,14,15,18). The highest BCUT2D eigenvalue weighted by Crippen LogP contribution is 2.22. The molecule has 2 amide bonds. The van der Waals surface area contributed by atoms with Crippen LogP contribution in [0.25, 0.3) is 0 Å². The van der Waals surface area contributed by atoms with Crippen LogP contribution in [0.3, 0.4) is 0 Å². The number of aliphatic carboxylic acids is 1. The molecule has 0 saturated heterocycles. The Labute approximate surface area is 112 Å². The van der Waals surface area contributed by atoms with Gasteiger partial charge in [-0.15, -0.1) is 0 Å². The number of carbonyl (C=O) groups is 2. The monoisotopic (exact) mass is 318 g/mol. The molecule has 1 aromatic rings. The van der Waals surface area contributed by atoms with Gasteiger partial charge in [0.2, 0.25) is 0 Å². The van der Waals surface area contributed by atoms with Crippen molar-refractivity contribution in [3.8, 4) is 0 Å². The second-order valence-corrected chi connectivity index (χ2v) is 4.58. The molecule has 3 N–H and O–H groups in total. The van der Waals surface area contributed by atoms with Crippen molar-refractivity contribution < 1.29 is 19.1 Å². The second kappa shape index (κ2) is 6.34. The van der Waals surface area contributed by atoms with Crippen LogP contribution in [0.2, 0.25) is 0 Å². The fraction of sp³-hybridized carbons (Fsp3) is 0.273. The molecule has 0 radical (unpaired) electrons. The third-order valence-corrected chi connectivity index (χ3v) is 2.69. The van der Waals surface area contributed by atoms with Crippen LogP contribution < -0.4 is 10.6 Å². The number of carbonyl (C=O) groups excluding carboxylic acids is 1. The Bertz CT molecular complexity index is 468. The first-order chi connectivity index (χ1) is 8.38. The SMILES string of the molecule is CC(CC(=O)O)NC(=O)Nc1ccc(F)cc1Br. The van der Waals surface area contributed by atoms with Gasteiger partial charge in [-0.1, -0.05) is 0 Å². The molecular formula is C11H12BrFN2O3. The van der Waals surface area contributed by atoms with E-state index in [2.05, 4.69) is 26.6 Å². The van der Waals surface area contributed by atoms with E-state index in [0.29, 0.717) is 10.2 Å². The van der Waals surface area contributed by atoms with Gasteiger partial charge in [-0.05, 0) is 41.1 Å². The van der Waals surface area contributed by atoms with E-state index in [9.17, 15) is 14.0 Å². The number of carboxylic acids is 1. The van der Waals surface area contributed by atoms with Gasteiger partial charge in [-0.2, -0.15) is 0 Å². The largest absolute Gasteiger partial charge is 0.481 e. The first-order valence-electron chi connectivity index (χ1n) is 5.13. The molecular weight excluding hydrogens is 307 g/mol. The number of hydrogen-bond acceptors (Lipinski definition) is 2. The number of amides is 2. The highest BCUT2D eigenvalue weighted by atomic mass is 79.9. The minimum absolute atomic E-state index is 0.169. The number of hydrogen-bond donors (Lipinski definition) is 3. The zero-order valence-electron chi connectivity index (χ0n) is 9.54. The van der Waals surface area contributed by atoms with Crippen LogP contribution in [-0.2, 0) is 4.79 Å². The average molecular weight is 319 g/mol. The molecule has 5 nitrogen and oxygen atoms in total. The minimum atomic E-state index is -0.995. The van der Waals surface area contributed by atoms with Crippen molar-refractivity contribution in [2.75, 3.05) is 5.32 Å². The molecule has 98 valence electrons. The van der Waals surface area contributed by atoms with Gasteiger partial charge >= 0.3 is 12.0 Å². The van der Waals surface area contributed by atoms with Crippen LogP contribution in [0.15, 0.2) is 22.7 Å². The smallest absolute Gasteiger partial charge is 0.319 e. The summed E-state index contributed by atoms with van der Waals surface area (Å²) in [5, 5.41) is 13.5. The van der Waals surface area contributed by atoms with Crippen molar-refractivity contribution in [1.29, 1.82) is 0 Å². The normalized spacial score (nSPS) is 11.7. The Hall–Kier alpha value is -1.63. The molecule has 0 bridgehead atoms. The quantitative estimate of drug-likeness (QED) is 0.798. The number of benzene rings is 1. The molecule has 0 aliphatic heterocycles. The van der Waals surface area contributed by atoms with Gasteiger partial charge in [0.1, 0.15) is 5.82 Å². The molecule has 0 spiro atoms. The van der Waals surface area contributed by atoms with E-state index in [1.165, 1.54) is 18.2 Å². The number of anilines is 1. The Balaban J connectivity index is 2.56. The Morgan fingerprint density at radius 3 is 2.72 bits per heavy atom. The zero-order valence-corrected chi connectivity index (χ0v) is 11.1. The lowest BCUT2D eigenvalue weighted by molar-refractivity contribution is -0.137. The summed E-state index contributed by atoms with van der Waals surface area (Å²) in [7, 11) is 0. The van der Waals surface area contributed by atoms with Gasteiger partial charge in [0.25, 0.3) is 0 Å². The Morgan fingerprint density at radius 2 is 2.17 bits per heavy atom. The highest BCUT2D eigenvalue weighted by molar-refractivity contribution is 9.10. The Morgan fingerprint density at radius 1 is 1.50 bits per heavy atom. The van der Waals surface area contributed by atoms with Crippen LogP contribution in [0.5, 0.6) is 0 Å². The third kappa shape index (κ3) is 4.70. The van der Waals surface area contributed by atoms with Gasteiger partial charge < -0.3 is 15.7 Å². The summed E-state index contributed by atoms with van der Waals surface area (Å²) in [6.45, 7) is 1.58. The fourth-order valence-corrected chi connectivity index (χ4v) is 1.74. The molecule has 18 heavy (non-hydrogen) atoms. The minimum Gasteiger partial charge on any atom is -0.481 e. The van der Waals surface area contributed by atoms with Gasteiger partial charge in [0.15, 0.2) is 0 Å². The predicted molar refractivity (Wildman–Crippen MR) is 68.0 cm³/mol. The topological polar surface area (TPSA) is 78.4 Å². The van der Waals surface area contributed by atoms with Gasteiger partial charge in [0, 0.05) is 10.5 Å². The summed E-state index contributed by atoms with van der Waals surface area (Å²) >= 11 is 3.11. The first-order valence-corrected chi connectivity index (χ1v) is 5.92. The van der Waals surface area contributed by atoms with E-state index >= 15 is 0 Å². The van der Waals surface area contributed by atoms with Crippen LogP contribution in [0.1, 0.15) is 13.3 Å². The summed E-state index contributed by atoms with van der Waals surface area (Å²) in [5.41, 5.74) is 0.399. The third-order valence-electron chi connectivity index (χ3n) is 2.04. The van der Waals surface area contributed by atoms with Crippen LogP contribution in [0, 0.1) is 5.82 Å². The zero-order chi connectivity index (χ0) is 13.7. The average Bonchev–Trinajstić information content (AvgIpc) is 2.20. The van der Waals surface area contributed by atoms with E-state index < -0.39 is 23.9 Å². The van der Waals surface area contributed by atoms with Crippen molar-refractivity contribution in [3.05, 3.63) is 28.5 Å². The van der Waals surface area contributed by atoms with Gasteiger partial charge in [-0.3, -0.25) is 4.79 Å². The van der Waals surface area contributed by atoms with Crippen LogP contribution >= 0.6 is 15.9 Å². The van der Waals surface area contributed by atoms with Crippen molar-refractivity contribution in [2.45, 2.75) is 19.4 Å². The summed E-state index contributed by atoms with van der Waals surface area (Å²) in [6, 6.07) is 2.79. The summed E-state index contributed by atoms with van der Waals surface area (Å²) in [5.74, 6) is -1.42. The van der Waals surface area contributed by atoms with Crippen LogP contribution in [0.4, 0.5) is 14.9 Å². The lowest BCUT2D eigenvalue weighted by Crippen LogP contribution is -2.37. The molecule has 0 aromatic heterocycles. The lowest BCUT2D eigenvalue weighted by Gasteiger charge is -2.13. The van der Waals surface area contributed by atoms with E-state index in [1.54, 1.807) is 6.92 Å². The molecule has 1 unspecified atom stereocenters. The molecule has 1 aromatic carbocycles. The molecule has 7 heteroatoms. The molecule has 1 rings (SSSR count). The number of halogens is 2. The van der Waals surface area contributed by atoms with Gasteiger partial charge in [-0.25, -0.2) is 9.18 Å². The molecule has 0 fully saturated rings. The van der Waals surface area contributed by atoms with Crippen molar-refractivity contribution in [3.63, 3.8) is 0 Å². The number of nitrogens with one attached hydrogen (secondary N) is 2. The van der Waals surface area contributed by atoms with Gasteiger partial charge in [0.05, 0.1) is 12.1 Å². The summed E-state index contributed by atoms with van der Waals surface area (Å²) in [4.78, 5) is 21.9. The van der Waals surface area contributed by atoms with Crippen molar-refractivity contribution in [2.24, 2.45) is 0 Å². The molecule has 0 aliphatic carbocycles. The lowest BCUT2D eigenvalue weighted by atomic mass is 10.2. The van der Waals surface area contributed by atoms with Crippen LogP contribution in [-0.4, -0.2) is 23.1 Å². The maximum Gasteiger partial charge on any atom is 0.319 e. The Kier molecular flexibility index (Phi) is 5.08. The van der Waals surface area contributed by atoms with E-state index in [4.69, 9.17) is 5.11 Å². The number of rotatable bonds is 4. The molecule has 0 aliphatic rings. The molecule has 0 saturated carbocycles. The first kappa shape index (κ1) is 14.4. The predicted octanol–water partition coefficient (Wildman–Crippen LogP) is 2.57. The maximum absolute atomic E-state index is 12.8. The van der Waals surface area contributed by atoms with E-state index in [-0.39, 0.29) is 6.42 Å². The van der Waals surface area contributed by atoms with Crippen molar-refractivity contribution >= 4 is 33.6 Å². The number of urea groups is 1. The molecule has 1 atom stereocenters.